The number of fused-ring (bicyclic) bond motifs is 1. The molecule has 1 saturated heterocycles. The lowest BCUT2D eigenvalue weighted by Crippen LogP contribution is -2.46. The van der Waals surface area contributed by atoms with Gasteiger partial charge in [0.25, 0.3) is 5.91 Å². The molecule has 0 N–H and O–H groups in total. The maximum absolute atomic E-state index is 13.6. The summed E-state index contributed by atoms with van der Waals surface area (Å²) in [7, 11) is 2.05. The third-order valence-corrected chi connectivity index (χ3v) is 4.60. The van der Waals surface area contributed by atoms with E-state index >= 15 is 0 Å². The van der Waals surface area contributed by atoms with Crippen molar-refractivity contribution in [1.29, 1.82) is 0 Å². The van der Waals surface area contributed by atoms with E-state index in [2.05, 4.69) is 11.9 Å². The highest BCUT2D eigenvalue weighted by Crippen LogP contribution is 2.28. The van der Waals surface area contributed by atoms with Gasteiger partial charge in [0.05, 0.1) is 4.88 Å². The second-order valence-electron chi connectivity index (χ2n) is 4.86. The second kappa shape index (κ2) is 4.90. The minimum absolute atomic E-state index is 0.0219. The van der Waals surface area contributed by atoms with Gasteiger partial charge in [-0.1, -0.05) is 6.07 Å². The minimum Gasteiger partial charge on any atom is -0.335 e. The molecule has 3 rings (SSSR count). The molecule has 19 heavy (non-hydrogen) atoms. The fourth-order valence-corrected chi connectivity index (χ4v) is 3.34. The lowest BCUT2D eigenvalue weighted by molar-refractivity contribution is 0.0669. The smallest absolute Gasteiger partial charge is 0.264 e. The molecule has 1 amide bonds. The standard InChI is InChI=1S/C14H15FN2OS/c1-16-5-7-17(8-6-16)14(18)13-9-10-11(15)3-2-4-12(10)19-13/h2-4,9H,5-8H2,1H3. The Balaban J connectivity index is 1.87. The molecule has 0 aliphatic carbocycles. The lowest BCUT2D eigenvalue weighted by atomic mass is 10.2. The number of hydrogen-bond donors (Lipinski definition) is 0. The van der Waals surface area contributed by atoms with E-state index in [1.165, 1.54) is 17.4 Å². The highest BCUT2D eigenvalue weighted by atomic mass is 32.1. The number of nitrogens with zero attached hydrogens (tertiary/aromatic N) is 2. The third-order valence-electron chi connectivity index (χ3n) is 3.51. The first-order chi connectivity index (χ1) is 9.15. The number of piperazine rings is 1. The Morgan fingerprint density at radius 3 is 2.68 bits per heavy atom. The summed E-state index contributed by atoms with van der Waals surface area (Å²) in [6.45, 7) is 3.27. The van der Waals surface area contributed by atoms with E-state index in [-0.39, 0.29) is 11.7 Å². The third kappa shape index (κ3) is 2.35. The Morgan fingerprint density at radius 1 is 1.26 bits per heavy atom. The van der Waals surface area contributed by atoms with Crippen LogP contribution in [0.15, 0.2) is 24.3 Å². The maximum Gasteiger partial charge on any atom is 0.264 e. The molecule has 0 saturated carbocycles. The number of carbonyl (C=O) groups excluding carboxylic acids is 1. The first-order valence-electron chi connectivity index (χ1n) is 6.31. The van der Waals surface area contributed by atoms with Gasteiger partial charge < -0.3 is 9.80 Å². The molecule has 0 radical (unpaired) electrons. The molecule has 0 unspecified atom stereocenters. The molecule has 1 aliphatic rings. The zero-order valence-corrected chi connectivity index (χ0v) is 11.5. The van der Waals surface area contributed by atoms with Crippen LogP contribution in [0.3, 0.4) is 0 Å². The van der Waals surface area contributed by atoms with Crippen molar-refractivity contribution < 1.29 is 9.18 Å². The van der Waals surface area contributed by atoms with E-state index in [9.17, 15) is 9.18 Å². The van der Waals surface area contributed by atoms with Crippen LogP contribution in [0.25, 0.3) is 10.1 Å². The highest BCUT2D eigenvalue weighted by Gasteiger charge is 2.22. The topological polar surface area (TPSA) is 23.6 Å². The van der Waals surface area contributed by atoms with E-state index in [0.717, 1.165) is 30.9 Å². The number of halogens is 1. The Labute approximate surface area is 115 Å². The number of carbonyl (C=O) groups is 1. The first kappa shape index (κ1) is 12.6. The van der Waals surface area contributed by atoms with Gasteiger partial charge in [-0.15, -0.1) is 11.3 Å². The van der Waals surface area contributed by atoms with Crippen LogP contribution >= 0.6 is 11.3 Å². The van der Waals surface area contributed by atoms with Crippen molar-refractivity contribution >= 4 is 27.3 Å². The van der Waals surface area contributed by atoms with E-state index in [1.807, 2.05) is 11.0 Å². The molecular formula is C14H15FN2OS. The summed E-state index contributed by atoms with van der Waals surface area (Å²) < 4.78 is 14.5. The van der Waals surface area contributed by atoms with E-state index < -0.39 is 0 Å². The Morgan fingerprint density at radius 2 is 2.00 bits per heavy atom. The van der Waals surface area contributed by atoms with Crippen LogP contribution in [0.1, 0.15) is 9.67 Å². The van der Waals surface area contributed by atoms with Crippen LogP contribution < -0.4 is 0 Å². The summed E-state index contributed by atoms with van der Waals surface area (Å²) in [6.07, 6.45) is 0. The molecule has 0 spiro atoms. The zero-order chi connectivity index (χ0) is 13.4. The van der Waals surface area contributed by atoms with Gasteiger partial charge in [-0.05, 0) is 25.2 Å². The first-order valence-corrected chi connectivity index (χ1v) is 7.12. The number of thiophene rings is 1. The normalized spacial score (nSPS) is 17.1. The fourth-order valence-electron chi connectivity index (χ4n) is 2.30. The second-order valence-corrected chi connectivity index (χ2v) is 5.94. The van der Waals surface area contributed by atoms with Crippen LogP contribution in [-0.2, 0) is 0 Å². The molecule has 2 aromatic rings. The predicted octanol–water partition coefficient (Wildman–Crippen LogP) is 2.43. The minimum atomic E-state index is -0.258. The van der Waals surface area contributed by atoms with Crippen LogP contribution in [0.5, 0.6) is 0 Å². The molecule has 1 aliphatic heterocycles. The summed E-state index contributed by atoms with van der Waals surface area (Å²) >= 11 is 1.37. The molecule has 0 atom stereocenters. The molecule has 5 heteroatoms. The van der Waals surface area contributed by atoms with E-state index in [0.29, 0.717) is 10.3 Å². The average Bonchev–Trinajstić information content (AvgIpc) is 2.84. The molecular weight excluding hydrogens is 263 g/mol. The SMILES string of the molecule is CN1CCN(C(=O)c2cc3c(F)cccc3s2)CC1. The van der Waals surface area contributed by atoms with Crippen molar-refractivity contribution in [2.45, 2.75) is 0 Å². The van der Waals surface area contributed by atoms with Gasteiger partial charge in [0.15, 0.2) is 0 Å². The van der Waals surface area contributed by atoms with Crippen molar-refractivity contribution in [1.82, 2.24) is 9.80 Å². The van der Waals surface area contributed by atoms with E-state index in [1.54, 1.807) is 12.1 Å². The number of hydrogen-bond acceptors (Lipinski definition) is 3. The van der Waals surface area contributed by atoms with Crippen molar-refractivity contribution in [3.8, 4) is 0 Å². The van der Waals surface area contributed by atoms with E-state index in [4.69, 9.17) is 0 Å². The molecule has 1 aromatic heterocycles. The Bertz CT molecular complexity index is 617. The molecule has 3 nitrogen and oxygen atoms in total. The largest absolute Gasteiger partial charge is 0.335 e. The van der Waals surface area contributed by atoms with Gasteiger partial charge in [0, 0.05) is 36.3 Å². The number of rotatable bonds is 1. The molecule has 1 aromatic carbocycles. The summed E-state index contributed by atoms with van der Waals surface area (Å²) in [5.41, 5.74) is 0. The summed E-state index contributed by atoms with van der Waals surface area (Å²) in [6, 6.07) is 6.64. The highest BCUT2D eigenvalue weighted by molar-refractivity contribution is 7.20. The average molecular weight is 278 g/mol. The van der Waals surface area contributed by atoms with Crippen LogP contribution in [-0.4, -0.2) is 48.9 Å². The van der Waals surface area contributed by atoms with Gasteiger partial charge in [-0.2, -0.15) is 0 Å². The lowest BCUT2D eigenvalue weighted by Gasteiger charge is -2.32. The summed E-state index contributed by atoms with van der Waals surface area (Å²) in [5.74, 6) is -0.236. The quantitative estimate of drug-likeness (QED) is 0.800. The van der Waals surface area contributed by atoms with Crippen molar-refractivity contribution in [3.63, 3.8) is 0 Å². The summed E-state index contributed by atoms with van der Waals surface area (Å²) in [4.78, 5) is 17.1. The fraction of sp³-hybridized carbons (Fsp3) is 0.357. The predicted molar refractivity (Wildman–Crippen MR) is 75.2 cm³/mol. The molecule has 100 valence electrons. The van der Waals surface area contributed by atoms with Gasteiger partial charge in [-0.25, -0.2) is 4.39 Å². The van der Waals surface area contributed by atoms with Crippen LogP contribution in [0, 0.1) is 5.82 Å². The number of amides is 1. The number of likely N-dealkylation sites (N-methyl/N-ethyl adjacent to an activating group) is 1. The molecule has 1 fully saturated rings. The van der Waals surface area contributed by atoms with Crippen molar-refractivity contribution in [2.75, 3.05) is 33.2 Å². The monoisotopic (exact) mass is 278 g/mol. The van der Waals surface area contributed by atoms with Gasteiger partial charge in [0.2, 0.25) is 0 Å². The molecule has 2 heterocycles. The van der Waals surface area contributed by atoms with Crippen molar-refractivity contribution in [2.24, 2.45) is 0 Å². The Hall–Kier alpha value is -1.46. The van der Waals surface area contributed by atoms with Crippen LogP contribution in [0.2, 0.25) is 0 Å². The molecule has 0 bridgehead atoms. The van der Waals surface area contributed by atoms with Gasteiger partial charge in [0.1, 0.15) is 5.82 Å². The van der Waals surface area contributed by atoms with Crippen LogP contribution in [0.4, 0.5) is 4.39 Å². The Kier molecular flexibility index (Phi) is 3.24. The zero-order valence-electron chi connectivity index (χ0n) is 10.7. The van der Waals surface area contributed by atoms with Crippen molar-refractivity contribution in [3.05, 3.63) is 35.0 Å². The van der Waals surface area contributed by atoms with Gasteiger partial charge in [-0.3, -0.25) is 4.79 Å². The summed E-state index contributed by atoms with van der Waals surface area (Å²) in [5, 5.41) is 0.546. The maximum atomic E-state index is 13.6. The number of benzene rings is 1. The van der Waals surface area contributed by atoms with Gasteiger partial charge >= 0.3 is 0 Å².